The molecule has 0 unspecified atom stereocenters. The van der Waals surface area contributed by atoms with E-state index in [-0.39, 0.29) is 40.9 Å². The summed E-state index contributed by atoms with van der Waals surface area (Å²) in [6, 6.07) is 5.07. The van der Waals surface area contributed by atoms with Crippen LogP contribution >= 0.6 is 0 Å². The first-order chi connectivity index (χ1) is 13.0. The van der Waals surface area contributed by atoms with Gasteiger partial charge in [-0.2, -0.15) is 4.39 Å². The number of aldehydes is 1. The summed E-state index contributed by atoms with van der Waals surface area (Å²) < 4.78 is 62.7. The van der Waals surface area contributed by atoms with Gasteiger partial charge < -0.3 is 9.53 Å². The number of hydrogen-bond donors (Lipinski definition) is 0. The molecule has 2 nitrogen and oxygen atoms in total. The van der Waals surface area contributed by atoms with E-state index in [9.17, 15) is 22.4 Å². The lowest BCUT2D eigenvalue weighted by molar-refractivity contribution is -0.111. The summed E-state index contributed by atoms with van der Waals surface area (Å²) in [6.45, 7) is 1.78. The van der Waals surface area contributed by atoms with E-state index >= 15 is 0 Å². The number of carbonyl (C=O) groups excluding carboxylic acids is 1. The molecule has 27 heavy (non-hydrogen) atoms. The van der Waals surface area contributed by atoms with Crippen molar-refractivity contribution in [3.63, 3.8) is 0 Å². The van der Waals surface area contributed by atoms with Crippen molar-refractivity contribution >= 4 is 6.29 Å². The number of ether oxygens (including phenoxy) is 1. The minimum absolute atomic E-state index is 0.0330. The maximum Gasteiger partial charge on any atom is 0.201 e. The third kappa shape index (κ3) is 3.70. The molecule has 0 N–H and O–H groups in total. The Morgan fingerprint density at radius 1 is 0.889 bits per heavy atom. The zero-order chi connectivity index (χ0) is 19.6. The first-order valence-electron chi connectivity index (χ1n) is 9.02. The van der Waals surface area contributed by atoms with Crippen LogP contribution in [0.25, 0.3) is 11.1 Å². The molecule has 2 aromatic carbocycles. The summed E-state index contributed by atoms with van der Waals surface area (Å²) in [5.74, 6) is -5.25. The minimum atomic E-state index is -1.28. The molecule has 2 aromatic rings. The van der Waals surface area contributed by atoms with Crippen LogP contribution in [-0.4, -0.2) is 12.9 Å². The Balaban J connectivity index is 1.94. The standard InChI is InChI=1S/C21H20F4O2/c1-2-27-17-10-9-16(20(24)21(17)25)15-8-7-14(18(22)19(15)23)13-5-3-12(11-26)4-6-13/h7-13H,2-6H2,1H3/t12-,13-. The first kappa shape index (κ1) is 19.4. The van der Waals surface area contributed by atoms with Crippen LogP contribution in [-0.2, 0) is 4.79 Å². The molecule has 1 saturated carbocycles. The Labute approximate surface area is 155 Å². The molecule has 144 valence electrons. The predicted molar refractivity (Wildman–Crippen MR) is 93.6 cm³/mol. The number of benzene rings is 2. The lowest BCUT2D eigenvalue weighted by atomic mass is 9.79. The van der Waals surface area contributed by atoms with Crippen LogP contribution in [0.4, 0.5) is 17.6 Å². The zero-order valence-corrected chi connectivity index (χ0v) is 14.9. The van der Waals surface area contributed by atoms with Crippen molar-refractivity contribution in [2.75, 3.05) is 6.61 Å². The summed E-state index contributed by atoms with van der Waals surface area (Å²) in [6.07, 6.45) is 3.35. The molecule has 0 aromatic heterocycles. The third-order valence-electron chi connectivity index (χ3n) is 5.15. The highest BCUT2D eigenvalue weighted by molar-refractivity contribution is 5.67. The molecule has 0 aliphatic heterocycles. The van der Waals surface area contributed by atoms with Crippen LogP contribution in [0.3, 0.4) is 0 Å². The molecule has 1 aliphatic rings. The van der Waals surface area contributed by atoms with Crippen LogP contribution in [0, 0.1) is 29.2 Å². The van der Waals surface area contributed by atoms with Crippen LogP contribution < -0.4 is 4.74 Å². The quantitative estimate of drug-likeness (QED) is 0.485. The van der Waals surface area contributed by atoms with Gasteiger partial charge in [-0.25, -0.2) is 13.2 Å². The highest BCUT2D eigenvalue weighted by Gasteiger charge is 2.27. The van der Waals surface area contributed by atoms with Gasteiger partial charge in [0.15, 0.2) is 23.2 Å². The highest BCUT2D eigenvalue weighted by atomic mass is 19.2. The van der Waals surface area contributed by atoms with E-state index in [0.29, 0.717) is 25.7 Å². The van der Waals surface area contributed by atoms with Gasteiger partial charge in [0.1, 0.15) is 6.29 Å². The number of hydrogen-bond acceptors (Lipinski definition) is 2. The number of rotatable bonds is 5. The molecular formula is C21H20F4O2. The summed E-state index contributed by atoms with van der Waals surface area (Å²) in [4.78, 5) is 10.8. The Morgan fingerprint density at radius 3 is 2.07 bits per heavy atom. The van der Waals surface area contributed by atoms with E-state index in [1.165, 1.54) is 24.3 Å². The molecule has 0 radical (unpaired) electrons. The fourth-order valence-electron chi connectivity index (χ4n) is 3.66. The first-order valence-corrected chi connectivity index (χ1v) is 9.02. The van der Waals surface area contributed by atoms with Crippen molar-refractivity contribution in [3.05, 3.63) is 53.1 Å². The number of carbonyl (C=O) groups is 1. The number of halogens is 4. The van der Waals surface area contributed by atoms with Crippen LogP contribution in [0.15, 0.2) is 24.3 Å². The van der Waals surface area contributed by atoms with Gasteiger partial charge >= 0.3 is 0 Å². The van der Waals surface area contributed by atoms with Crippen molar-refractivity contribution in [3.8, 4) is 16.9 Å². The topological polar surface area (TPSA) is 26.3 Å². The summed E-state index contributed by atoms with van der Waals surface area (Å²) >= 11 is 0. The van der Waals surface area contributed by atoms with Gasteiger partial charge in [0, 0.05) is 17.0 Å². The molecular weight excluding hydrogens is 360 g/mol. The van der Waals surface area contributed by atoms with Gasteiger partial charge in [-0.1, -0.05) is 12.1 Å². The molecule has 1 aliphatic carbocycles. The van der Waals surface area contributed by atoms with Crippen molar-refractivity contribution in [1.82, 2.24) is 0 Å². The maximum absolute atomic E-state index is 14.7. The monoisotopic (exact) mass is 380 g/mol. The zero-order valence-electron chi connectivity index (χ0n) is 14.9. The van der Waals surface area contributed by atoms with Crippen LogP contribution in [0.5, 0.6) is 5.75 Å². The lowest BCUT2D eigenvalue weighted by Crippen LogP contribution is -2.15. The van der Waals surface area contributed by atoms with Gasteiger partial charge in [0.2, 0.25) is 5.82 Å². The highest BCUT2D eigenvalue weighted by Crippen LogP contribution is 2.39. The second-order valence-electron chi connectivity index (χ2n) is 6.75. The van der Waals surface area contributed by atoms with Crippen LogP contribution in [0.1, 0.15) is 44.1 Å². The SMILES string of the molecule is CCOc1ccc(-c2ccc([C@H]3CC[C@H](C=O)CC3)c(F)c2F)c(F)c1F. The molecule has 0 spiro atoms. The molecule has 0 amide bonds. The minimum Gasteiger partial charge on any atom is -0.491 e. The van der Waals surface area contributed by atoms with E-state index in [4.69, 9.17) is 4.74 Å². The molecule has 6 heteroatoms. The van der Waals surface area contributed by atoms with E-state index in [0.717, 1.165) is 6.29 Å². The van der Waals surface area contributed by atoms with Gasteiger partial charge in [-0.3, -0.25) is 0 Å². The molecule has 0 atom stereocenters. The predicted octanol–water partition coefficient (Wildman–Crippen LogP) is 5.78. The Bertz CT molecular complexity index is 843. The van der Waals surface area contributed by atoms with Crippen LogP contribution in [0.2, 0.25) is 0 Å². The molecule has 1 fully saturated rings. The second kappa shape index (κ2) is 8.11. The van der Waals surface area contributed by atoms with Crippen molar-refractivity contribution in [1.29, 1.82) is 0 Å². The van der Waals surface area contributed by atoms with Crippen molar-refractivity contribution in [2.24, 2.45) is 5.92 Å². The Morgan fingerprint density at radius 2 is 1.48 bits per heavy atom. The fourth-order valence-corrected chi connectivity index (χ4v) is 3.66. The van der Waals surface area contributed by atoms with Gasteiger partial charge in [0.25, 0.3) is 0 Å². The van der Waals surface area contributed by atoms with E-state index in [1.807, 2.05) is 0 Å². The van der Waals surface area contributed by atoms with E-state index < -0.39 is 23.3 Å². The Hall–Kier alpha value is -2.37. The lowest BCUT2D eigenvalue weighted by Gasteiger charge is -2.26. The van der Waals surface area contributed by atoms with E-state index in [2.05, 4.69) is 0 Å². The summed E-state index contributed by atoms with van der Waals surface area (Å²) in [7, 11) is 0. The van der Waals surface area contributed by atoms with Crippen molar-refractivity contribution in [2.45, 2.75) is 38.5 Å². The van der Waals surface area contributed by atoms with E-state index in [1.54, 1.807) is 6.92 Å². The largest absolute Gasteiger partial charge is 0.491 e. The molecule has 3 rings (SSSR count). The summed E-state index contributed by atoms with van der Waals surface area (Å²) in [5, 5.41) is 0. The second-order valence-corrected chi connectivity index (χ2v) is 6.75. The average molecular weight is 380 g/mol. The molecule has 0 heterocycles. The van der Waals surface area contributed by atoms with Crippen molar-refractivity contribution < 1.29 is 27.1 Å². The fraction of sp³-hybridized carbons (Fsp3) is 0.381. The Kier molecular flexibility index (Phi) is 5.82. The maximum atomic E-state index is 14.7. The van der Waals surface area contributed by atoms with Gasteiger partial charge in [-0.15, -0.1) is 0 Å². The molecule has 0 bridgehead atoms. The third-order valence-corrected chi connectivity index (χ3v) is 5.15. The smallest absolute Gasteiger partial charge is 0.201 e. The van der Waals surface area contributed by atoms with Gasteiger partial charge in [0.05, 0.1) is 6.61 Å². The average Bonchev–Trinajstić information content (AvgIpc) is 2.68. The van der Waals surface area contributed by atoms with Gasteiger partial charge in [-0.05, 0) is 56.2 Å². The molecule has 0 saturated heterocycles. The normalized spacial score (nSPS) is 19.7. The summed E-state index contributed by atoms with van der Waals surface area (Å²) in [5.41, 5.74) is -0.478.